The number of halogens is 4. The molecule has 0 unspecified atom stereocenters. The minimum Gasteiger partial charge on any atom is -0.391 e. The van der Waals surface area contributed by atoms with Crippen LogP contribution in [0.2, 0.25) is 10.2 Å². The molecular weight excluding hydrogens is 297 g/mol. The lowest BCUT2D eigenvalue weighted by Crippen LogP contribution is -1.98. The van der Waals surface area contributed by atoms with Gasteiger partial charge < -0.3 is 5.11 Å². The third kappa shape index (κ3) is 2.59. The maximum atomic E-state index is 12.8. The SMILES string of the molecule is Cc1ccc(-n2nc(C(F)F)c(CO)c2Cl)cc1Cl. The second-order valence-corrected chi connectivity index (χ2v) is 4.72. The van der Waals surface area contributed by atoms with Crippen molar-refractivity contribution in [1.29, 1.82) is 0 Å². The van der Waals surface area contributed by atoms with Gasteiger partial charge in [-0.15, -0.1) is 0 Å². The van der Waals surface area contributed by atoms with Gasteiger partial charge in [-0.1, -0.05) is 29.3 Å². The van der Waals surface area contributed by atoms with Gasteiger partial charge in [-0.25, -0.2) is 13.5 Å². The van der Waals surface area contributed by atoms with E-state index in [2.05, 4.69) is 5.10 Å². The summed E-state index contributed by atoms with van der Waals surface area (Å²) in [6.07, 6.45) is -2.80. The Hall–Kier alpha value is -1.17. The summed E-state index contributed by atoms with van der Waals surface area (Å²) in [5.41, 5.74) is 0.713. The second kappa shape index (κ2) is 5.45. The van der Waals surface area contributed by atoms with Gasteiger partial charge in [0.25, 0.3) is 6.43 Å². The highest BCUT2D eigenvalue weighted by Gasteiger charge is 2.23. The summed E-state index contributed by atoms with van der Waals surface area (Å²) < 4.78 is 26.7. The van der Waals surface area contributed by atoms with E-state index in [0.29, 0.717) is 10.7 Å². The molecule has 102 valence electrons. The van der Waals surface area contributed by atoms with E-state index in [0.717, 1.165) is 10.2 Å². The first-order valence-corrected chi connectivity index (χ1v) is 6.14. The number of aliphatic hydroxyl groups is 1. The number of alkyl halides is 2. The normalized spacial score (nSPS) is 11.3. The topological polar surface area (TPSA) is 38.0 Å². The minimum absolute atomic E-state index is 0.0438. The van der Waals surface area contributed by atoms with Gasteiger partial charge in [0.15, 0.2) is 0 Å². The van der Waals surface area contributed by atoms with E-state index in [-0.39, 0.29) is 10.7 Å². The van der Waals surface area contributed by atoms with Gasteiger partial charge in [-0.2, -0.15) is 5.10 Å². The van der Waals surface area contributed by atoms with Crippen molar-refractivity contribution in [2.45, 2.75) is 20.0 Å². The Morgan fingerprint density at radius 3 is 2.53 bits per heavy atom. The first-order valence-electron chi connectivity index (χ1n) is 5.38. The number of benzene rings is 1. The Labute approximate surface area is 118 Å². The van der Waals surface area contributed by atoms with Crippen LogP contribution < -0.4 is 0 Å². The van der Waals surface area contributed by atoms with Crippen LogP contribution in [0.3, 0.4) is 0 Å². The Morgan fingerprint density at radius 1 is 1.37 bits per heavy atom. The fourth-order valence-corrected chi connectivity index (χ4v) is 2.12. The average Bonchev–Trinajstić information content (AvgIpc) is 2.70. The highest BCUT2D eigenvalue weighted by atomic mass is 35.5. The number of aromatic nitrogens is 2. The van der Waals surface area contributed by atoms with Crippen LogP contribution in [0.4, 0.5) is 8.78 Å². The molecule has 2 aromatic rings. The van der Waals surface area contributed by atoms with Crippen LogP contribution in [0.25, 0.3) is 5.69 Å². The Balaban J connectivity index is 2.59. The lowest BCUT2D eigenvalue weighted by Gasteiger charge is -2.05. The minimum atomic E-state index is -2.80. The number of aryl methyl sites for hydroxylation is 1. The van der Waals surface area contributed by atoms with Gasteiger partial charge in [0.2, 0.25) is 0 Å². The number of aliphatic hydroxyl groups excluding tert-OH is 1. The molecule has 0 aliphatic rings. The van der Waals surface area contributed by atoms with Crippen LogP contribution in [0.15, 0.2) is 18.2 Å². The summed E-state index contributed by atoms with van der Waals surface area (Å²) in [6.45, 7) is 1.22. The number of hydrogen-bond donors (Lipinski definition) is 1. The molecule has 1 N–H and O–H groups in total. The molecule has 7 heteroatoms. The van der Waals surface area contributed by atoms with Crippen molar-refractivity contribution in [1.82, 2.24) is 9.78 Å². The summed E-state index contributed by atoms with van der Waals surface area (Å²) in [6, 6.07) is 4.97. The zero-order valence-corrected chi connectivity index (χ0v) is 11.4. The molecule has 0 spiro atoms. The molecule has 2 rings (SSSR count). The Morgan fingerprint density at radius 2 is 2.05 bits per heavy atom. The Kier molecular flexibility index (Phi) is 4.08. The predicted molar refractivity (Wildman–Crippen MR) is 69.2 cm³/mol. The smallest absolute Gasteiger partial charge is 0.282 e. The predicted octanol–water partition coefficient (Wildman–Crippen LogP) is 3.92. The molecule has 0 aliphatic heterocycles. The van der Waals surface area contributed by atoms with Crippen molar-refractivity contribution in [3.05, 3.63) is 45.2 Å². The zero-order chi connectivity index (χ0) is 14.2. The van der Waals surface area contributed by atoms with Gasteiger partial charge in [-0.3, -0.25) is 0 Å². The molecule has 0 saturated carbocycles. The average molecular weight is 307 g/mol. The standard InChI is InChI=1S/C12H10Cl2F2N2O/c1-6-2-3-7(4-9(6)13)18-11(14)8(5-19)10(17-18)12(15)16/h2-4,12,19H,5H2,1H3. The van der Waals surface area contributed by atoms with Gasteiger partial charge in [0.1, 0.15) is 10.8 Å². The fourth-order valence-electron chi connectivity index (χ4n) is 1.65. The molecule has 0 amide bonds. The molecule has 0 radical (unpaired) electrons. The van der Waals surface area contributed by atoms with Crippen LogP contribution >= 0.6 is 23.2 Å². The van der Waals surface area contributed by atoms with Crippen LogP contribution in [0.5, 0.6) is 0 Å². The third-order valence-electron chi connectivity index (χ3n) is 2.72. The molecule has 1 aromatic heterocycles. The van der Waals surface area contributed by atoms with Crippen molar-refractivity contribution < 1.29 is 13.9 Å². The molecular formula is C12H10Cl2F2N2O. The monoisotopic (exact) mass is 306 g/mol. The second-order valence-electron chi connectivity index (χ2n) is 3.96. The maximum Gasteiger partial charge on any atom is 0.282 e. The first-order chi connectivity index (χ1) is 8.95. The largest absolute Gasteiger partial charge is 0.391 e. The molecule has 1 aromatic carbocycles. The Bertz CT molecular complexity index is 614. The molecule has 1 heterocycles. The van der Waals surface area contributed by atoms with E-state index in [1.807, 2.05) is 6.92 Å². The molecule has 0 saturated heterocycles. The lowest BCUT2D eigenvalue weighted by atomic mass is 10.2. The third-order valence-corrected chi connectivity index (χ3v) is 3.51. The molecule has 0 aliphatic carbocycles. The van der Waals surface area contributed by atoms with E-state index in [1.54, 1.807) is 18.2 Å². The fraction of sp³-hybridized carbons (Fsp3) is 0.250. The first kappa shape index (κ1) is 14.2. The van der Waals surface area contributed by atoms with Gasteiger partial charge in [-0.05, 0) is 24.6 Å². The summed E-state index contributed by atoms with van der Waals surface area (Å²) in [5.74, 6) is 0. The van der Waals surface area contributed by atoms with Gasteiger partial charge in [0.05, 0.1) is 12.3 Å². The maximum absolute atomic E-state index is 12.8. The number of hydrogen-bond acceptors (Lipinski definition) is 2. The quantitative estimate of drug-likeness (QED) is 0.933. The van der Waals surface area contributed by atoms with E-state index < -0.39 is 18.7 Å². The van der Waals surface area contributed by atoms with Crippen molar-refractivity contribution in [3.63, 3.8) is 0 Å². The van der Waals surface area contributed by atoms with E-state index in [4.69, 9.17) is 28.3 Å². The van der Waals surface area contributed by atoms with Crippen molar-refractivity contribution in [2.24, 2.45) is 0 Å². The highest BCUT2D eigenvalue weighted by Crippen LogP contribution is 2.31. The van der Waals surface area contributed by atoms with E-state index >= 15 is 0 Å². The molecule has 0 bridgehead atoms. The highest BCUT2D eigenvalue weighted by molar-refractivity contribution is 6.32. The van der Waals surface area contributed by atoms with Gasteiger partial charge in [0, 0.05) is 10.6 Å². The van der Waals surface area contributed by atoms with Crippen LogP contribution in [-0.4, -0.2) is 14.9 Å². The summed E-state index contributed by atoms with van der Waals surface area (Å²) in [7, 11) is 0. The molecule has 19 heavy (non-hydrogen) atoms. The van der Waals surface area contributed by atoms with Crippen molar-refractivity contribution >= 4 is 23.2 Å². The molecule has 0 fully saturated rings. The van der Waals surface area contributed by atoms with Crippen LogP contribution in [0.1, 0.15) is 23.2 Å². The molecule has 0 atom stereocenters. The number of rotatable bonds is 3. The van der Waals surface area contributed by atoms with Crippen LogP contribution in [-0.2, 0) is 6.61 Å². The van der Waals surface area contributed by atoms with Gasteiger partial charge >= 0.3 is 0 Å². The van der Waals surface area contributed by atoms with E-state index in [9.17, 15) is 8.78 Å². The lowest BCUT2D eigenvalue weighted by molar-refractivity contribution is 0.141. The van der Waals surface area contributed by atoms with Crippen molar-refractivity contribution in [3.8, 4) is 5.69 Å². The summed E-state index contributed by atoms with van der Waals surface area (Å²) >= 11 is 11.9. The zero-order valence-electron chi connectivity index (χ0n) is 9.87. The van der Waals surface area contributed by atoms with E-state index in [1.165, 1.54) is 0 Å². The number of nitrogens with zero attached hydrogens (tertiary/aromatic N) is 2. The van der Waals surface area contributed by atoms with Crippen LogP contribution in [0, 0.1) is 6.92 Å². The summed E-state index contributed by atoms with van der Waals surface area (Å²) in [5, 5.41) is 13.3. The summed E-state index contributed by atoms with van der Waals surface area (Å²) in [4.78, 5) is 0. The van der Waals surface area contributed by atoms with Crippen molar-refractivity contribution in [2.75, 3.05) is 0 Å². The molecule has 3 nitrogen and oxygen atoms in total.